The van der Waals surface area contributed by atoms with Crippen LogP contribution in [0.3, 0.4) is 0 Å². The van der Waals surface area contributed by atoms with Gasteiger partial charge in [0.25, 0.3) is 0 Å². The van der Waals surface area contributed by atoms with Crippen LogP contribution < -0.4 is 4.74 Å². The molecule has 19 heavy (non-hydrogen) atoms. The van der Waals surface area contributed by atoms with Crippen LogP contribution >= 0.6 is 0 Å². The molecule has 0 bridgehead atoms. The van der Waals surface area contributed by atoms with Gasteiger partial charge in [0.1, 0.15) is 0 Å². The zero-order chi connectivity index (χ0) is 13.7. The van der Waals surface area contributed by atoms with Crippen LogP contribution in [0.4, 0.5) is 0 Å². The number of ether oxygens (including phenoxy) is 1. The second kappa shape index (κ2) is 5.72. The normalized spacial score (nSPS) is 10.6. The van der Waals surface area contributed by atoms with Gasteiger partial charge in [-0.05, 0) is 25.1 Å². The van der Waals surface area contributed by atoms with Crippen LogP contribution in [-0.4, -0.2) is 26.0 Å². The Bertz CT molecular complexity index is 609. The fourth-order valence-electron chi connectivity index (χ4n) is 1.31. The third kappa shape index (κ3) is 3.60. The highest BCUT2D eigenvalue weighted by Gasteiger charge is 2.03. The second-order valence-electron chi connectivity index (χ2n) is 3.66. The van der Waals surface area contributed by atoms with E-state index < -0.39 is 5.97 Å². The quantitative estimate of drug-likeness (QED) is 0.844. The summed E-state index contributed by atoms with van der Waals surface area (Å²) >= 11 is 0. The van der Waals surface area contributed by atoms with Crippen molar-refractivity contribution in [1.29, 1.82) is 0 Å². The topological polar surface area (TPSA) is 85.2 Å². The van der Waals surface area contributed by atoms with Crippen molar-refractivity contribution >= 4 is 12.0 Å². The van der Waals surface area contributed by atoms with Gasteiger partial charge in [-0.25, -0.2) is 14.8 Å². The smallest absolute Gasteiger partial charge is 0.328 e. The van der Waals surface area contributed by atoms with E-state index in [-0.39, 0.29) is 6.01 Å². The van der Waals surface area contributed by atoms with Gasteiger partial charge in [0.05, 0.1) is 5.69 Å². The van der Waals surface area contributed by atoms with Crippen LogP contribution in [0.2, 0.25) is 0 Å². The van der Waals surface area contributed by atoms with E-state index in [9.17, 15) is 4.79 Å². The van der Waals surface area contributed by atoms with E-state index in [1.807, 2.05) is 6.92 Å². The number of carboxylic acids is 1. The number of carboxylic acid groups (broad SMARTS) is 1. The molecule has 0 atom stereocenters. The lowest BCUT2D eigenvalue weighted by Crippen LogP contribution is -1.94. The Morgan fingerprint density at radius 1 is 1.32 bits per heavy atom. The lowest BCUT2D eigenvalue weighted by Gasteiger charge is -2.05. The van der Waals surface area contributed by atoms with Crippen molar-refractivity contribution < 1.29 is 14.6 Å². The maximum atomic E-state index is 10.4. The lowest BCUT2D eigenvalue weighted by atomic mass is 10.3. The van der Waals surface area contributed by atoms with Gasteiger partial charge in [-0.3, -0.25) is 4.98 Å². The monoisotopic (exact) mass is 257 g/mol. The Morgan fingerprint density at radius 2 is 2.05 bits per heavy atom. The standard InChI is InChI=1S/C13H11N3O3/c1-9-11(3-2-6-14-9)19-13-15-7-10(8-16-13)4-5-12(17)18/h2-8H,1H3,(H,17,18)/b5-4+. The Hall–Kier alpha value is -2.76. The number of pyridine rings is 1. The molecule has 0 saturated carbocycles. The van der Waals surface area contributed by atoms with Gasteiger partial charge >= 0.3 is 12.0 Å². The highest BCUT2D eigenvalue weighted by molar-refractivity contribution is 5.85. The molecular weight excluding hydrogens is 246 g/mol. The van der Waals surface area contributed by atoms with Crippen LogP contribution in [0, 0.1) is 6.92 Å². The van der Waals surface area contributed by atoms with E-state index in [2.05, 4.69) is 15.0 Å². The third-order valence-electron chi connectivity index (χ3n) is 2.23. The van der Waals surface area contributed by atoms with E-state index in [4.69, 9.17) is 9.84 Å². The van der Waals surface area contributed by atoms with E-state index in [1.54, 1.807) is 18.3 Å². The van der Waals surface area contributed by atoms with Gasteiger partial charge in [0.2, 0.25) is 0 Å². The molecule has 0 spiro atoms. The predicted octanol–water partition coefficient (Wildman–Crippen LogP) is 2.07. The van der Waals surface area contributed by atoms with E-state index >= 15 is 0 Å². The first-order valence-corrected chi connectivity index (χ1v) is 5.47. The predicted molar refractivity (Wildman–Crippen MR) is 67.7 cm³/mol. The zero-order valence-corrected chi connectivity index (χ0v) is 10.1. The van der Waals surface area contributed by atoms with Crippen molar-refractivity contribution in [2.24, 2.45) is 0 Å². The SMILES string of the molecule is Cc1ncccc1Oc1ncc(/C=C/C(=O)O)cn1. The number of hydrogen-bond acceptors (Lipinski definition) is 5. The van der Waals surface area contributed by atoms with Crippen molar-refractivity contribution in [2.75, 3.05) is 0 Å². The molecule has 1 N–H and O–H groups in total. The van der Waals surface area contributed by atoms with Gasteiger partial charge in [0, 0.05) is 30.2 Å². The number of hydrogen-bond donors (Lipinski definition) is 1. The first-order chi connectivity index (χ1) is 9.15. The number of rotatable bonds is 4. The average Bonchev–Trinajstić information content (AvgIpc) is 2.40. The first-order valence-electron chi connectivity index (χ1n) is 5.47. The summed E-state index contributed by atoms with van der Waals surface area (Å²) in [7, 11) is 0. The fourth-order valence-corrected chi connectivity index (χ4v) is 1.31. The number of aliphatic carboxylic acids is 1. The molecule has 0 fully saturated rings. The van der Waals surface area contributed by atoms with Crippen molar-refractivity contribution in [3.8, 4) is 11.8 Å². The molecule has 0 aliphatic carbocycles. The summed E-state index contributed by atoms with van der Waals surface area (Å²) in [6.45, 7) is 1.82. The van der Waals surface area contributed by atoms with Gasteiger partial charge in [-0.1, -0.05) is 0 Å². The zero-order valence-electron chi connectivity index (χ0n) is 10.1. The van der Waals surface area contributed by atoms with Crippen LogP contribution in [-0.2, 0) is 4.79 Å². The maximum Gasteiger partial charge on any atom is 0.328 e. The highest BCUT2D eigenvalue weighted by Crippen LogP contribution is 2.19. The Morgan fingerprint density at radius 3 is 2.68 bits per heavy atom. The van der Waals surface area contributed by atoms with Crippen LogP contribution in [0.25, 0.3) is 6.08 Å². The lowest BCUT2D eigenvalue weighted by molar-refractivity contribution is -0.131. The summed E-state index contributed by atoms with van der Waals surface area (Å²) in [5.74, 6) is -0.442. The van der Waals surface area contributed by atoms with Gasteiger partial charge < -0.3 is 9.84 Å². The molecular formula is C13H11N3O3. The summed E-state index contributed by atoms with van der Waals surface area (Å²) in [5, 5.41) is 8.50. The minimum Gasteiger partial charge on any atom is -0.478 e. The Labute approximate surface area is 109 Å². The summed E-state index contributed by atoms with van der Waals surface area (Å²) in [5.41, 5.74) is 1.32. The van der Waals surface area contributed by atoms with Crippen LogP contribution in [0.1, 0.15) is 11.3 Å². The molecule has 2 rings (SSSR count). The summed E-state index contributed by atoms with van der Waals surface area (Å²) < 4.78 is 5.46. The number of aryl methyl sites for hydroxylation is 1. The van der Waals surface area contributed by atoms with Crippen molar-refractivity contribution in [1.82, 2.24) is 15.0 Å². The van der Waals surface area contributed by atoms with Gasteiger partial charge in [-0.2, -0.15) is 0 Å². The molecule has 0 amide bonds. The van der Waals surface area contributed by atoms with E-state index in [0.29, 0.717) is 11.3 Å². The minimum atomic E-state index is -1.02. The Balaban J connectivity index is 2.11. The second-order valence-corrected chi connectivity index (χ2v) is 3.66. The van der Waals surface area contributed by atoms with Crippen LogP contribution in [0.5, 0.6) is 11.8 Å². The average molecular weight is 257 g/mol. The third-order valence-corrected chi connectivity index (χ3v) is 2.23. The summed E-state index contributed by atoms with van der Waals surface area (Å²) in [6.07, 6.45) is 7.05. The summed E-state index contributed by atoms with van der Waals surface area (Å²) in [6, 6.07) is 3.71. The molecule has 2 heterocycles. The summed E-state index contributed by atoms with van der Waals surface area (Å²) in [4.78, 5) is 22.4. The fraction of sp³-hybridized carbons (Fsp3) is 0.0769. The molecule has 2 aromatic heterocycles. The number of nitrogens with zero attached hydrogens (tertiary/aromatic N) is 3. The van der Waals surface area contributed by atoms with E-state index in [1.165, 1.54) is 18.5 Å². The number of carbonyl (C=O) groups is 1. The Kier molecular flexibility index (Phi) is 3.82. The minimum absolute atomic E-state index is 0.184. The van der Waals surface area contributed by atoms with Crippen molar-refractivity contribution in [2.45, 2.75) is 6.92 Å². The molecule has 96 valence electrons. The molecule has 0 radical (unpaired) electrons. The van der Waals surface area contributed by atoms with Gasteiger partial charge in [0.15, 0.2) is 5.75 Å². The van der Waals surface area contributed by atoms with Crippen molar-refractivity contribution in [3.05, 3.63) is 48.1 Å². The molecule has 6 nitrogen and oxygen atoms in total. The molecule has 0 aliphatic rings. The molecule has 0 aromatic carbocycles. The molecule has 2 aromatic rings. The molecule has 0 saturated heterocycles. The highest BCUT2D eigenvalue weighted by atomic mass is 16.5. The number of aromatic nitrogens is 3. The molecule has 6 heteroatoms. The van der Waals surface area contributed by atoms with Crippen molar-refractivity contribution in [3.63, 3.8) is 0 Å². The maximum absolute atomic E-state index is 10.4. The largest absolute Gasteiger partial charge is 0.478 e. The van der Waals surface area contributed by atoms with Crippen LogP contribution in [0.15, 0.2) is 36.8 Å². The van der Waals surface area contributed by atoms with E-state index in [0.717, 1.165) is 11.8 Å². The molecule has 0 unspecified atom stereocenters. The first kappa shape index (κ1) is 12.7. The van der Waals surface area contributed by atoms with Gasteiger partial charge in [-0.15, -0.1) is 0 Å². The molecule has 0 aliphatic heterocycles.